The minimum absolute atomic E-state index is 0.113. The van der Waals surface area contributed by atoms with Crippen molar-refractivity contribution < 1.29 is 4.79 Å². The molecule has 34 heavy (non-hydrogen) atoms. The van der Waals surface area contributed by atoms with Crippen molar-refractivity contribution in [1.29, 1.82) is 0 Å². The molecule has 174 valence electrons. The average molecular weight is 455 g/mol. The minimum Gasteiger partial charge on any atom is -0.329 e. The van der Waals surface area contributed by atoms with Crippen molar-refractivity contribution in [2.24, 2.45) is 5.73 Å². The predicted molar refractivity (Wildman–Crippen MR) is 136 cm³/mol. The number of rotatable bonds is 8. The van der Waals surface area contributed by atoms with Crippen LogP contribution < -0.4 is 11.3 Å². The first-order chi connectivity index (χ1) is 16.5. The summed E-state index contributed by atoms with van der Waals surface area (Å²) in [4.78, 5) is 33.9. The lowest BCUT2D eigenvalue weighted by atomic mass is 10.1. The van der Waals surface area contributed by atoms with Crippen molar-refractivity contribution in [2.45, 2.75) is 32.9 Å². The highest BCUT2D eigenvalue weighted by Crippen LogP contribution is 2.26. The largest absolute Gasteiger partial charge is 0.329 e. The number of aryl methyl sites for hydroxylation is 1. The van der Waals surface area contributed by atoms with Crippen molar-refractivity contribution in [3.05, 3.63) is 112 Å². The molecule has 3 aromatic carbocycles. The fraction of sp³-hybridized carbons (Fsp3) is 0.250. The number of amides is 1. The van der Waals surface area contributed by atoms with Gasteiger partial charge in [-0.15, -0.1) is 0 Å². The smallest absolute Gasteiger partial charge is 0.261 e. The highest BCUT2D eigenvalue weighted by molar-refractivity contribution is 5.94. The molecule has 0 fully saturated rings. The van der Waals surface area contributed by atoms with Gasteiger partial charge in [0, 0.05) is 18.7 Å². The van der Waals surface area contributed by atoms with E-state index in [0.29, 0.717) is 48.3 Å². The molecule has 4 aromatic rings. The molecule has 0 aliphatic carbocycles. The Bertz CT molecular complexity index is 1330. The fourth-order valence-electron chi connectivity index (χ4n) is 4.30. The molecule has 6 nitrogen and oxygen atoms in total. The van der Waals surface area contributed by atoms with Gasteiger partial charge in [0.2, 0.25) is 0 Å². The number of hydrogen-bond acceptors (Lipinski definition) is 4. The van der Waals surface area contributed by atoms with E-state index in [1.54, 1.807) is 15.5 Å². The zero-order chi connectivity index (χ0) is 24.1. The number of nitrogens with two attached hydrogens (primary N) is 1. The van der Waals surface area contributed by atoms with Crippen LogP contribution in [0.25, 0.3) is 10.9 Å². The van der Waals surface area contributed by atoms with Crippen LogP contribution in [0.4, 0.5) is 0 Å². The van der Waals surface area contributed by atoms with Gasteiger partial charge in [-0.25, -0.2) is 4.98 Å². The third-order valence-corrected chi connectivity index (χ3v) is 6.07. The van der Waals surface area contributed by atoms with Crippen molar-refractivity contribution in [2.75, 3.05) is 13.1 Å². The molecule has 1 aromatic heterocycles. The molecule has 0 saturated carbocycles. The second-order valence-electron chi connectivity index (χ2n) is 8.44. The highest BCUT2D eigenvalue weighted by atomic mass is 16.2. The Morgan fingerprint density at radius 1 is 1.00 bits per heavy atom. The SMILES string of the molecule is CCC(c1nc2ccccc2c(=O)n1Cc1ccccc1)N(CCN)C(=O)c1ccc(C)cc1. The molecule has 0 spiro atoms. The van der Waals surface area contributed by atoms with Crippen LogP contribution in [0, 0.1) is 6.92 Å². The van der Waals surface area contributed by atoms with Gasteiger partial charge < -0.3 is 10.6 Å². The molecule has 0 aliphatic rings. The molecular weight excluding hydrogens is 424 g/mol. The summed E-state index contributed by atoms with van der Waals surface area (Å²) in [6, 6.07) is 24.3. The van der Waals surface area contributed by atoms with Gasteiger partial charge in [-0.3, -0.25) is 14.2 Å². The topological polar surface area (TPSA) is 81.2 Å². The summed E-state index contributed by atoms with van der Waals surface area (Å²) >= 11 is 0. The quantitative estimate of drug-likeness (QED) is 0.430. The Morgan fingerprint density at radius 2 is 1.68 bits per heavy atom. The first-order valence-corrected chi connectivity index (χ1v) is 11.6. The first kappa shape index (κ1) is 23.4. The van der Waals surface area contributed by atoms with Crippen molar-refractivity contribution in [3.63, 3.8) is 0 Å². The maximum Gasteiger partial charge on any atom is 0.261 e. The van der Waals surface area contributed by atoms with Crippen LogP contribution in [-0.4, -0.2) is 33.4 Å². The number of benzene rings is 3. The summed E-state index contributed by atoms with van der Waals surface area (Å²) in [6.07, 6.45) is 0.594. The van der Waals surface area contributed by atoms with E-state index in [1.807, 2.05) is 86.6 Å². The maximum absolute atomic E-state index is 13.6. The summed E-state index contributed by atoms with van der Waals surface area (Å²) in [5, 5.41) is 0.562. The second kappa shape index (κ2) is 10.4. The molecule has 6 heteroatoms. The number of para-hydroxylation sites is 1. The normalized spacial score (nSPS) is 12.0. The van der Waals surface area contributed by atoms with Crippen LogP contribution in [0.15, 0.2) is 83.7 Å². The molecule has 4 rings (SSSR count). The Balaban J connectivity index is 1.87. The van der Waals surface area contributed by atoms with E-state index >= 15 is 0 Å². The minimum atomic E-state index is -0.404. The molecule has 1 unspecified atom stereocenters. The van der Waals surface area contributed by atoms with Gasteiger partial charge in [0.05, 0.1) is 23.5 Å². The third kappa shape index (κ3) is 4.77. The standard InChI is InChI=1S/C28H30N4O2/c1-3-25(31(18-17-29)27(33)22-15-13-20(2)14-16-22)26-30-24-12-8-7-11-23(24)28(34)32(26)19-21-9-5-4-6-10-21/h4-16,25H,3,17-19,29H2,1-2H3. The van der Waals surface area contributed by atoms with Gasteiger partial charge in [-0.05, 0) is 43.2 Å². The van der Waals surface area contributed by atoms with E-state index < -0.39 is 6.04 Å². The Kier molecular flexibility index (Phi) is 7.18. The molecule has 0 saturated heterocycles. The van der Waals surface area contributed by atoms with Gasteiger partial charge in [-0.2, -0.15) is 0 Å². The molecule has 1 amide bonds. The molecule has 1 heterocycles. The van der Waals surface area contributed by atoms with Crippen LogP contribution in [0.1, 0.15) is 46.7 Å². The molecule has 2 N–H and O–H groups in total. The molecule has 0 bridgehead atoms. The Hall–Kier alpha value is -3.77. The summed E-state index contributed by atoms with van der Waals surface area (Å²) in [5.41, 5.74) is 9.12. The lowest BCUT2D eigenvalue weighted by molar-refractivity contribution is 0.0664. The second-order valence-corrected chi connectivity index (χ2v) is 8.44. The molecule has 0 radical (unpaired) electrons. The van der Waals surface area contributed by atoms with E-state index in [0.717, 1.165) is 11.1 Å². The number of hydrogen-bond donors (Lipinski definition) is 1. The van der Waals surface area contributed by atoms with Gasteiger partial charge in [0.1, 0.15) is 5.82 Å². The predicted octanol–water partition coefficient (Wildman–Crippen LogP) is 4.31. The summed E-state index contributed by atoms with van der Waals surface area (Å²) in [7, 11) is 0. The van der Waals surface area contributed by atoms with E-state index in [9.17, 15) is 9.59 Å². The Morgan fingerprint density at radius 3 is 2.35 bits per heavy atom. The van der Waals surface area contributed by atoms with E-state index in [1.165, 1.54) is 0 Å². The lowest BCUT2D eigenvalue weighted by Crippen LogP contribution is -2.41. The molecule has 0 aliphatic heterocycles. The number of fused-ring (bicyclic) bond motifs is 1. The zero-order valence-electron chi connectivity index (χ0n) is 19.6. The summed E-state index contributed by atoms with van der Waals surface area (Å²) in [6.45, 7) is 5.04. The number of carbonyl (C=O) groups excluding carboxylic acids is 1. The van der Waals surface area contributed by atoms with Crippen molar-refractivity contribution >= 4 is 16.8 Å². The molecular formula is C28H30N4O2. The fourth-order valence-corrected chi connectivity index (χ4v) is 4.30. The third-order valence-electron chi connectivity index (χ3n) is 6.07. The van der Waals surface area contributed by atoms with Gasteiger partial charge in [-0.1, -0.05) is 67.1 Å². The molecule has 1 atom stereocenters. The van der Waals surface area contributed by atoms with E-state index in [4.69, 9.17) is 10.7 Å². The van der Waals surface area contributed by atoms with Crippen molar-refractivity contribution in [3.8, 4) is 0 Å². The van der Waals surface area contributed by atoms with Crippen LogP contribution in [0.3, 0.4) is 0 Å². The zero-order valence-corrected chi connectivity index (χ0v) is 19.6. The Labute approximate surface area is 199 Å². The van der Waals surface area contributed by atoms with Gasteiger partial charge >= 0.3 is 0 Å². The van der Waals surface area contributed by atoms with Crippen LogP contribution in [0.5, 0.6) is 0 Å². The van der Waals surface area contributed by atoms with Crippen LogP contribution in [-0.2, 0) is 6.54 Å². The highest BCUT2D eigenvalue weighted by Gasteiger charge is 2.29. The van der Waals surface area contributed by atoms with Crippen LogP contribution >= 0.6 is 0 Å². The maximum atomic E-state index is 13.6. The van der Waals surface area contributed by atoms with Gasteiger partial charge in [0.25, 0.3) is 11.5 Å². The average Bonchev–Trinajstić information content (AvgIpc) is 2.87. The number of nitrogens with zero attached hydrogens (tertiary/aromatic N) is 3. The lowest BCUT2D eigenvalue weighted by Gasteiger charge is -2.32. The number of aromatic nitrogens is 2. The number of carbonyl (C=O) groups is 1. The summed E-state index contributed by atoms with van der Waals surface area (Å²) < 4.78 is 1.71. The van der Waals surface area contributed by atoms with Gasteiger partial charge in [0.15, 0.2) is 0 Å². The monoisotopic (exact) mass is 454 g/mol. The first-order valence-electron chi connectivity index (χ1n) is 11.6. The van der Waals surface area contributed by atoms with Crippen molar-refractivity contribution in [1.82, 2.24) is 14.5 Å². The van der Waals surface area contributed by atoms with E-state index in [-0.39, 0.29) is 11.5 Å². The van der Waals surface area contributed by atoms with E-state index in [2.05, 4.69) is 0 Å². The van der Waals surface area contributed by atoms with Crippen LogP contribution in [0.2, 0.25) is 0 Å². The summed E-state index contributed by atoms with van der Waals surface area (Å²) in [5.74, 6) is 0.454.